The molecule has 0 unspecified atom stereocenters. The summed E-state index contributed by atoms with van der Waals surface area (Å²) in [6.45, 7) is 4.66. The molecular weight excluding hydrogens is 459 g/mol. The highest BCUT2D eigenvalue weighted by Gasteiger charge is 2.14. The van der Waals surface area contributed by atoms with E-state index in [1.165, 1.54) is 34.8 Å². The van der Waals surface area contributed by atoms with Crippen molar-refractivity contribution in [3.63, 3.8) is 0 Å². The highest BCUT2D eigenvalue weighted by atomic mass is 127. The van der Waals surface area contributed by atoms with Crippen LogP contribution in [0.3, 0.4) is 0 Å². The normalized spacial score (nSPS) is 13.8. The average Bonchev–Trinajstić information content (AvgIpc) is 3.28. The summed E-state index contributed by atoms with van der Waals surface area (Å²) >= 11 is 1.90. The topological polar surface area (TPSA) is 62.5 Å². The second-order valence-corrected chi connectivity index (χ2v) is 7.52. The molecule has 0 aromatic carbocycles. The van der Waals surface area contributed by atoms with Crippen LogP contribution >= 0.6 is 35.3 Å². The summed E-state index contributed by atoms with van der Waals surface area (Å²) in [6.07, 6.45) is 9.58. The molecule has 0 spiro atoms. The molecule has 0 atom stereocenters. The third-order valence-corrected chi connectivity index (χ3v) is 5.48. The molecule has 0 radical (unpaired) electrons. The van der Waals surface area contributed by atoms with Crippen LogP contribution in [0.25, 0.3) is 0 Å². The molecule has 144 valence electrons. The Morgan fingerprint density at radius 1 is 1.23 bits per heavy atom. The molecule has 0 bridgehead atoms. The highest BCUT2D eigenvalue weighted by molar-refractivity contribution is 14.0. The third-order valence-electron chi connectivity index (χ3n) is 4.26. The standard InChI is InChI=1S/C19H28N4OS.HI/c1-2-11-20-19(21-12-9-15-6-5-14-24-15)22-13-10-18-23-16-7-3-4-8-17(16)25-18;/h5-6,14H,2-4,7-13H2,1H3,(H2,20,21,22);1H. The summed E-state index contributed by atoms with van der Waals surface area (Å²) in [4.78, 5) is 10.9. The van der Waals surface area contributed by atoms with Gasteiger partial charge in [-0.25, -0.2) is 4.98 Å². The Morgan fingerprint density at radius 2 is 2.04 bits per heavy atom. The molecule has 2 heterocycles. The second kappa shape index (κ2) is 11.6. The summed E-state index contributed by atoms with van der Waals surface area (Å²) < 4.78 is 5.37. The van der Waals surface area contributed by atoms with Crippen molar-refractivity contribution in [3.8, 4) is 0 Å². The van der Waals surface area contributed by atoms with Crippen LogP contribution < -0.4 is 10.6 Å². The maximum Gasteiger partial charge on any atom is 0.191 e. The lowest BCUT2D eigenvalue weighted by Crippen LogP contribution is -2.39. The van der Waals surface area contributed by atoms with Gasteiger partial charge in [0.15, 0.2) is 5.96 Å². The van der Waals surface area contributed by atoms with Gasteiger partial charge in [-0.2, -0.15) is 0 Å². The summed E-state index contributed by atoms with van der Waals surface area (Å²) in [5.41, 5.74) is 1.35. The Morgan fingerprint density at radius 3 is 2.77 bits per heavy atom. The van der Waals surface area contributed by atoms with E-state index in [1.807, 2.05) is 23.5 Å². The Hall–Kier alpha value is -1.09. The van der Waals surface area contributed by atoms with E-state index in [0.717, 1.165) is 57.0 Å². The van der Waals surface area contributed by atoms with Crippen molar-refractivity contribution in [2.75, 3.05) is 19.6 Å². The Bertz CT molecular complexity index is 646. The van der Waals surface area contributed by atoms with Crippen molar-refractivity contribution < 1.29 is 4.42 Å². The van der Waals surface area contributed by atoms with Crippen molar-refractivity contribution in [2.24, 2.45) is 4.99 Å². The molecule has 0 amide bonds. The van der Waals surface area contributed by atoms with Gasteiger partial charge in [0.2, 0.25) is 0 Å². The van der Waals surface area contributed by atoms with Gasteiger partial charge in [-0.05, 0) is 44.2 Å². The fourth-order valence-corrected chi connectivity index (χ4v) is 4.11. The molecule has 2 aromatic rings. The van der Waals surface area contributed by atoms with Crippen LogP contribution in [0.1, 0.15) is 47.5 Å². The number of thiazole rings is 1. The lowest BCUT2D eigenvalue weighted by molar-refractivity contribution is 0.506. The smallest absolute Gasteiger partial charge is 0.191 e. The van der Waals surface area contributed by atoms with E-state index in [9.17, 15) is 0 Å². The van der Waals surface area contributed by atoms with Crippen molar-refractivity contribution in [1.82, 2.24) is 15.6 Å². The molecule has 1 aliphatic rings. The minimum Gasteiger partial charge on any atom is -0.469 e. The van der Waals surface area contributed by atoms with Crippen LogP contribution in [0.15, 0.2) is 27.8 Å². The monoisotopic (exact) mass is 488 g/mol. The van der Waals surface area contributed by atoms with E-state index in [4.69, 9.17) is 9.40 Å². The SMILES string of the molecule is CCCN=C(NCCc1ccco1)NCCc1nc2c(s1)CCCC2.I. The maximum atomic E-state index is 5.37. The van der Waals surface area contributed by atoms with Gasteiger partial charge in [0.1, 0.15) is 5.76 Å². The van der Waals surface area contributed by atoms with Gasteiger partial charge in [-0.15, -0.1) is 35.3 Å². The first-order valence-corrected chi connectivity index (χ1v) is 10.2. The number of hydrogen-bond donors (Lipinski definition) is 2. The van der Waals surface area contributed by atoms with E-state index in [2.05, 4.69) is 22.5 Å². The third kappa shape index (κ3) is 6.57. The molecule has 0 saturated carbocycles. The highest BCUT2D eigenvalue weighted by Crippen LogP contribution is 2.26. The molecule has 0 saturated heterocycles. The molecule has 0 fully saturated rings. The van der Waals surface area contributed by atoms with Crippen LogP contribution in [0.5, 0.6) is 0 Å². The number of aryl methyl sites for hydroxylation is 2. The van der Waals surface area contributed by atoms with Crippen LogP contribution in [0, 0.1) is 0 Å². The first-order valence-electron chi connectivity index (χ1n) is 9.37. The number of guanidine groups is 1. The van der Waals surface area contributed by atoms with Crippen LogP contribution in [0.4, 0.5) is 0 Å². The first kappa shape index (κ1) is 21.2. The van der Waals surface area contributed by atoms with Gasteiger partial charge in [0, 0.05) is 37.4 Å². The average molecular weight is 488 g/mol. The van der Waals surface area contributed by atoms with Crippen molar-refractivity contribution >= 4 is 41.3 Å². The number of hydrogen-bond acceptors (Lipinski definition) is 4. The number of halogens is 1. The predicted octanol–water partition coefficient (Wildman–Crippen LogP) is 3.96. The molecule has 2 N–H and O–H groups in total. The number of rotatable bonds is 8. The van der Waals surface area contributed by atoms with Gasteiger partial charge >= 0.3 is 0 Å². The minimum atomic E-state index is 0. The summed E-state index contributed by atoms with van der Waals surface area (Å²) in [5.74, 6) is 1.88. The lowest BCUT2D eigenvalue weighted by Gasteiger charge is -2.11. The number of nitrogens with one attached hydrogen (secondary N) is 2. The molecule has 7 heteroatoms. The van der Waals surface area contributed by atoms with E-state index in [0.29, 0.717) is 0 Å². The largest absolute Gasteiger partial charge is 0.469 e. The van der Waals surface area contributed by atoms with Crippen molar-refractivity contribution in [2.45, 2.75) is 51.9 Å². The Labute approximate surface area is 177 Å². The zero-order valence-corrected chi connectivity index (χ0v) is 18.6. The van der Waals surface area contributed by atoms with E-state index in [1.54, 1.807) is 6.26 Å². The van der Waals surface area contributed by atoms with Crippen molar-refractivity contribution in [3.05, 3.63) is 39.7 Å². The number of fused-ring (bicyclic) bond motifs is 1. The fourth-order valence-electron chi connectivity index (χ4n) is 2.96. The summed E-state index contributed by atoms with van der Waals surface area (Å²) in [5, 5.41) is 8.08. The van der Waals surface area contributed by atoms with E-state index >= 15 is 0 Å². The molecule has 3 rings (SSSR count). The second-order valence-electron chi connectivity index (χ2n) is 6.35. The van der Waals surface area contributed by atoms with Gasteiger partial charge in [0.05, 0.1) is 17.0 Å². The quantitative estimate of drug-likeness (QED) is 0.336. The predicted molar refractivity (Wildman–Crippen MR) is 119 cm³/mol. The number of aliphatic imine (C=N–C) groups is 1. The van der Waals surface area contributed by atoms with Crippen molar-refractivity contribution in [1.29, 1.82) is 0 Å². The number of aromatic nitrogens is 1. The Balaban J connectivity index is 0.00000243. The molecule has 2 aromatic heterocycles. The van der Waals surface area contributed by atoms with Gasteiger partial charge in [-0.3, -0.25) is 4.99 Å². The maximum absolute atomic E-state index is 5.37. The Kier molecular flexibility index (Phi) is 9.45. The van der Waals surface area contributed by atoms with Gasteiger partial charge in [-0.1, -0.05) is 6.92 Å². The fraction of sp³-hybridized carbons (Fsp3) is 0.579. The van der Waals surface area contributed by atoms with E-state index in [-0.39, 0.29) is 24.0 Å². The zero-order valence-electron chi connectivity index (χ0n) is 15.4. The first-order chi connectivity index (χ1) is 12.3. The van der Waals surface area contributed by atoms with Crippen LogP contribution in [-0.2, 0) is 25.7 Å². The van der Waals surface area contributed by atoms with E-state index < -0.39 is 0 Å². The number of nitrogens with zero attached hydrogens (tertiary/aromatic N) is 2. The molecular formula is C19H29IN4OS. The molecule has 26 heavy (non-hydrogen) atoms. The van der Waals surface area contributed by atoms with Crippen LogP contribution in [0.2, 0.25) is 0 Å². The zero-order chi connectivity index (χ0) is 17.3. The minimum absolute atomic E-state index is 0. The summed E-state index contributed by atoms with van der Waals surface area (Å²) in [7, 11) is 0. The molecule has 5 nitrogen and oxygen atoms in total. The van der Waals surface area contributed by atoms with Gasteiger partial charge in [0.25, 0.3) is 0 Å². The lowest BCUT2D eigenvalue weighted by atomic mass is 10.0. The number of furan rings is 1. The molecule has 1 aliphatic carbocycles. The molecule has 0 aliphatic heterocycles. The van der Waals surface area contributed by atoms with Gasteiger partial charge < -0.3 is 15.1 Å². The summed E-state index contributed by atoms with van der Waals surface area (Å²) in [6, 6.07) is 3.93. The van der Waals surface area contributed by atoms with Crippen LogP contribution in [-0.4, -0.2) is 30.6 Å².